The van der Waals surface area contributed by atoms with Gasteiger partial charge in [-0.25, -0.2) is 4.79 Å². The highest BCUT2D eigenvalue weighted by atomic mass is 16.4. The van der Waals surface area contributed by atoms with E-state index in [0.29, 0.717) is 13.0 Å². The van der Waals surface area contributed by atoms with Crippen molar-refractivity contribution < 1.29 is 19.8 Å². The van der Waals surface area contributed by atoms with E-state index in [2.05, 4.69) is 5.32 Å². The monoisotopic (exact) mass is 230 g/mol. The number of hydrogen-bond acceptors (Lipinski definition) is 4. The molecule has 0 spiro atoms. The fourth-order valence-corrected chi connectivity index (χ4v) is 1.94. The maximum absolute atomic E-state index is 11.5. The second-order valence-electron chi connectivity index (χ2n) is 4.32. The number of likely N-dealkylation sites (tertiary alicyclic amines) is 1. The van der Waals surface area contributed by atoms with E-state index in [-0.39, 0.29) is 18.5 Å². The Labute approximate surface area is 94.2 Å². The van der Waals surface area contributed by atoms with Gasteiger partial charge in [-0.05, 0) is 26.3 Å². The summed E-state index contributed by atoms with van der Waals surface area (Å²) < 4.78 is 0. The fraction of sp³-hybridized carbons (Fsp3) is 0.800. The molecule has 3 N–H and O–H groups in total. The van der Waals surface area contributed by atoms with Crippen LogP contribution in [0.2, 0.25) is 0 Å². The second kappa shape index (κ2) is 4.80. The lowest BCUT2D eigenvalue weighted by Gasteiger charge is -2.29. The summed E-state index contributed by atoms with van der Waals surface area (Å²) in [5, 5.41) is 21.0. The molecular formula is C10H18N2O4. The van der Waals surface area contributed by atoms with Gasteiger partial charge in [0, 0.05) is 13.6 Å². The number of nitrogens with one attached hydrogen (secondary N) is 1. The molecule has 1 aliphatic heterocycles. The van der Waals surface area contributed by atoms with E-state index in [0.717, 1.165) is 6.42 Å². The van der Waals surface area contributed by atoms with Gasteiger partial charge >= 0.3 is 5.97 Å². The quantitative estimate of drug-likeness (QED) is 0.578. The summed E-state index contributed by atoms with van der Waals surface area (Å²) in [4.78, 5) is 24.0. The zero-order valence-electron chi connectivity index (χ0n) is 9.56. The average molecular weight is 230 g/mol. The third-order valence-electron chi connectivity index (χ3n) is 2.88. The molecular weight excluding hydrogens is 212 g/mol. The Morgan fingerprint density at radius 3 is 2.69 bits per heavy atom. The van der Waals surface area contributed by atoms with E-state index in [4.69, 9.17) is 5.11 Å². The van der Waals surface area contributed by atoms with Crippen molar-refractivity contribution in [2.45, 2.75) is 31.4 Å². The van der Waals surface area contributed by atoms with Gasteiger partial charge in [-0.1, -0.05) is 0 Å². The first kappa shape index (κ1) is 12.9. The van der Waals surface area contributed by atoms with Crippen molar-refractivity contribution >= 4 is 11.9 Å². The van der Waals surface area contributed by atoms with E-state index in [1.807, 2.05) is 0 Å². The number of β-amino-alcohol motifs (C(OH)–C–C–N with tert-alkyl or cyclic N) is 1. The van der Waals surface area contributed by atoms with Crippen LogP contribution in [0, 0.1) is 0 Å². The standard InChI is InChI=1S/C10H18N2O4/c1-10(16,9(14)15)6-12-5-3-4-7(12)8(13)11-2/h7,16H,3-6H2,1-2H3,(H,11,13)(H,14,15). The molecule has 2 atom stereocenters. The van der Waals surface area contributed by atoms with Crippen molar-refractivity contribution in [3.8, 4) is 0 Å². The highest BCUT2D eigenvalue weighted by Crippen LogP contribution is 2.20. The average Bonchev–Trinajstić information content (AvgIpc) is 2.63. The number of hydrogen-bond donors (Lipinski definition) is 3. The van der Waals surface area contributed by atoms with Gasteiger partial charge in [0.25, 0.3) is 0 Å². The van der Waals surface area contributed by atoms with Crippen molar-refractivity contribution in [1.29, 1.82) is 0 Å². The molecule has 1 heterocycles. The topological polar surface area (TPSA) is 89.9 Å². The second-order valence-corrected chi connectivity index (χ2v) is 4.32. The van der Waals surface area contributed by atoms with Crippen LogP contribution in [0.15, 0.2) is 0 Å². The molecule has 92 valence electrons. The van der Waals surface area contributed by atoms with Gasteiger partial charge in [0.2, 0.25) is 5.91 Å². The van der Waals surface area contributed by atoms with Crippen LogP contribution in [0.4, 0.5) is 0 Å². The predicted molar refractivity (Wildman–Crippen MR) is 56.9 cm³/mol. The number of amides is 1. The van der Waals surface area contributed by atoms with Gasteiger partial charge in [0.1, 0.15) is 0 Å². The van der Waals surface area contributed by atoms with Crippen molar-refractivity contribution in [3.05, 3.63) is 0 Å². The summed E-state index contributed by atoms with van der Waals surface area (Å²) in [6.45, 7) is 1.86. The van der Waals surface area contributed by atoms with Crippen LogP contribution in [-0.4, -0.2) is 58.8 Å². The lowest BCUT2D eigenvalue weighted by atomic mass is 10.1. The zero-order chi connectivity index (χ0) is 12.3. The third kappa shape index (κ3) is 2.70. The molecule has 1 saturated heterocycles. The first-order chi connectivity index (χ1) is 7.38. The van der Waals surface area contributed by atoms with Crippen LogP contribution in [0.25, 0.3) is 0 Å². The Morgan fingerprint density at radius 2 is 2.19 bits per heavy atom. The summed E-state index contributed by atoms with van der Waals surface area (Å²) in [6, 6.07) is -0.323. The van der Waals surface area contributed by atoms with Gasteiger partial charge in [-0.3, -0.25) is 9.69 Å². The lowest BCUT2D eigenvalue weighted by molar-refractivity contribution is -0.159. The molecule has 0 aromatic heterocycles. The van der Waals surface area contributed by atoms with Crippen LogP contribution in [0.5, 0.6) is 0 Å². The fourth-order valence-electron chi connectivity index (χ4n) is 1.94. The molecule has 1 rings (SSSR count). The molecule has 1 amide bonds. The number of carboxylic acids is 1. The number of nitrogens with zero attached hydrogens (tertiary/aromatic N) is 1. The minimum absolute atomic E-state index is 0.0274. The number of aliphatic hydroxyl groups is 1. The molecule has 1 fully saturated rings. The summed E-state index contributed by atoms with van der Waals surface area (Å²) in [5.74, 6) is -1.39. The van der Waals surface area contributed by atoms with Crippen molar-refractivity contribution in [3.63, 3.8) is 0 Å². The van der Waals surface area contributed by atoms with E-state index in [1.165, 1.54) is 6.92 Å². The molecule has 0 bridgehead atoms. The summed E-state index contributed by atoms with van der Waals surface area (Å²) in [5.41, 5.74) is -1.81. The molecule has 6 nitrogen and oxygen atoms in total. The molecule has 0 saturated carbocycles. The largest absolute Gasteiger partial charge is 0.479 e. The minimum atomic E-state index is -1.81. The van der Waals surface area contributed by atoms with Gasteiger partial charge in [0.15, 0.2) is 5.60 Å². The number of rotatable bonds is 4. The molecule has 2 unspecified atom stereocenters. The highest BCUT2D eigenvalue weighted by molar-refractivity contribution is 5.82. The van der Waals surface area contributed by atoms with Crippen LogP contribution >= 0.6 is 0 Å². The minimum Gasteiger partial charge on any atom is -0.479 e. The molecule has 16 heavy (non-hydrogen) atoms. The van der Waals surface area contributed by atoms with Crippen LogP contribution in [0.1, 0.15) is 19.8 Å². The number of carbonyl (C=O) groups excluding carboxylic acids is 1. The number of carbonyl (C=O) groups is 2. The number of carboxylic acid groups (broad SMARTS) is 1. The van der Waals surface area contributed by atoms with E-state index >= 15 is 0 Å². The predicted octanol–water partition coefficient (Wildman–Crippen LogP) is -0.968. The van der Waals surface area contributed by atoms with E-state index in [1.54, 1.807) is 11.9 Å². The summed E-state index contributed by atoms with van der Waals surface area (Å²) in [7, 11) is 1.55. The molecule has 0 aliphatic carbocycles. The lowest BCUT2D eigenvalue weighted by Crippen LogP contribution is -2.51. The van der Waals surface area contributed by atoms with Crippen molar-refractivity contribution in [2.75, 3.05) is 20.1 Å². The van der Waals surface area contributed by atoms with Gasteiger partial charge in [-0.2, -0.15) is 0 Å². The van der Waals surface area contributed by atoms with Gasteiger partial charge in [-0.15, -0.1) is 0 Å². The molecule has 6 heteroatoms. The zero-order valence-corrected chi connectivity index (χ0v) is 9.56. The Hall–Kier alpha value is -1.14. The Bertz CT molecular complexity index is 291. The normalized spacial score (nSPS) is 25.1. The first-order valence-electron chi connectivity index (χ1n) is 5.30. The highest BCUT2D eigenvalue weighted by Gasteiger charge is 2.38. The molecule has 0 aromatic carbocycles. The Kier molecular flexibility index (Phi) is 3.88. The molecule has 1 aliphatic rings. The van der Waals surface area contributed by atoms with Crippen LogP contribution in [0.3, 0.4) is 0 Å². The number of aliphatic carboxylic acids is 1. The Balaban J connectivity index is 2.66. The maximum atomic E-state index is 11.5. The van der Waals surface area contributed by atoms with Crippen LogP contribution in [-0.2, 0) is 9.59 Å². The molecule has 0 radical (unpaired) electrons. The van der Waals surface area contributed by atoms with Gasteiger partial charge < -0.3 is 15.5 Å². The van der Waals surface area contributed by atoms with E-state index < -0.39 is 11.6 Å². The van der Waals surface area contributed by atoms with Gasteiger partial charge in [0.05, 0.1) is 6.04 Å². The number of likely N-dealkylation sites (N-methyl/N-ethyl adjacent to an activating group) is 1. The van der Waals surface area contributed by atoms with Crippen LogP contribution < -0.4 is 5.32 Å². The van der Waals surface area contributed by atoms with E-state index in [9.17, 15) is 14.7 Å². The maximum Gasteiger partial charge on any atom is 0.336 e. The Morgan fingerprint density at radius 1 is 1.56 bits per heavy atom. The molecule has 0 aromatic rings. The first-order valence-corrected chi connectivity index (χ1v) is 5.30. The summed E-state index contributed by atoms with van der Waals surface area (Å²) >= 11 is 0. The SMILES string of the molecule is CNC(=O)C1CCCN1CC(C)(O)C(=O)O. The summed E-state index contributed by atoms with van der Waals surface area (Å²) in [6.07, 6.45) is 1.54. The smallest absolute Gasteiger partial charge is 0.336 e. The van der Waals surface area contributed by atoms with Crippen molar-refractivity contribution in [1.82, 2.24) is 10.2 Å². The van der Waals surface area contributed by atoms with Crippen molar-refractivity contribution in [2.24, 2.45) is 0 Å². The third-order valence-corrected chi connectivity index (χ3v) is 2.88.